The highest BCUT2D eigenvalue weighted by Gasteiger charge is 2.21. The number of para-hydroxylation sites is 1. The van der Waals surface area contributed by atoms with E-state index in [1.807, 2.05) is 25.2 Å². The molecule has 1 atom stereocenters. The zero-order valence-corrected chi connectivity index (χ0v) is 13.5. The third kappa shape index (κ3) is 2.93. The van der Waals surface area contributed by atoms with Crippen molar-refractivity contribution in [3.8, 4) is 5.75 Å². The predicted octanol–water partition coefficient (Wildman–Crippen LogP) is 3.84. The predicted molar refractivity (Wildman–Crippen MR) is 84.2 cm³/mol. The molecular weight excluding hydrogens is 318 g/mol. The molecule has 0 N–H and O–H groups in total. The molecule has 1 aromatic carbocycles. The molecule has 1 aromatic heterocycles. The minimum absolute atomic E-state index is 0.192. The van der Waals surface area contributed by atoms with Gasteiger partial charge in [0.05, 0.1) is 17.6 Å². The van der Waals surface area contributed by atoms with E-state index < -0.39 is 0 Å². The molecule has 0 aliphatic carbocycles. The number of hydrogen-bond acceptors (Lipinski definition) is 4. The molecule has 0 saturated carbocycles. The first-order chi connectivity index (χ1) is 9.69. The number of nitrogens with zero attached hydrogens (tertiary/aromatic N) is 3. The third-order valence-corrected chi connectivity index (χ3v) is 3.89. The van der Waals surface area contributed by atoms with E-state index in [4.69, 9.17) is 4.74 Å². The van der Waals surface area contributed by atoms with Crippen LogP contribution < -0.4 is 9.64 Å². The summed E-state index contributed by atoms with van der Waals surface area (Å²) in [5, 5.41) is 0. The van der Waals surface area contributed by atoms with E-state index in [1.165, 1.54) is 0 Å². The van der Waals surface area contributed by atoms with Gasteiger partial charge in [-0.15, -0.1) is 0 Å². The first-order valence-electron chi connectivity index (χ1n) is 6.50. The third-order valence-electron chi connectivity index (χ3n) is 3.33. The molecule has 0 spiro atoms. The van der Waals surface area contributed by atoms with Gasteiger partial charge >= 0.3 is 0 Å². The van der Waals surface area contributed by atoms with Gasteiger partial charge in [-0.2, -0.15) is 0 Å². The number of halogens is 1. The summed E-state index contributed by atoms with van der Waals surface area (Å²) in [6.45, 7) is 2.16. The lowest BCUT2D eigenvalue weighted by atomic mass is 10.0. The van der Waals surface area contributed by atoms with Crippen molar-refractivity contribution in [1.82, 2.24) is 9.97 Å². The van der Waals surface area contributed by atoms with Crippen molar-refractivity contribution in [2.24, 2.45) is 0 Å². The number of benzene rings is 1. The Morgan fingerprint density at radius 1 is 1.35 bits per heavy atom. The number of ether oxygens (including phenoxy) is 1. The molecule has 2 rings (SSSR count). The zero-order valence-electron chi connectivity index (χ0n) is 11.9. The molecule has 0 aliphatic rings. The van der Waals surface area contributed by atoms with Crippen LogP contribution in [0.25, 0.3) is 0 Å². The lowest BCUT2D eigenvalue weighted by Crippen LogP contribution is -2.25. The van der Waals surface area contributed by atoms with Crippen LogP contribution in [0.3, 0.4) is 0 Å². The molecule has 0 radical (unpaired) electrons. The highest BCUT2D eigenvalue weighted by atomic mass is 79.9. The van der Waals surface area contributed by atoms with Gasteiger partial charge in [-0.25, -0.2) is 9.97 Å². The Kier molecular flexibility index (Phi) is 4.95. The van der Waals surface area contributed by atoms with Gasteiger partial charge in [0, 0.05) is 18.8 Å². The van der Waals surface area contributed by atoms with E-state index in [0.29, 0.717) is 0 Å². The largest absolute Gasteiger partial charge is 0.496 e. The first kappa shape index (κ1) is 14.8. The Labute approximate surface area is 127 Å². The maximum atomic E-state index is 5.47. The van der Waals surface area contributed by atoms with Crippen LogP contribution in [0.4, 0.5) is 5.82 Å². The maximum Gasteiger partial charge on any atom is 0.146 e. The second kappa shape index (κ2) is 6.70. The van der Waals surface area contributed by atoms with Crippen molar-refractivity contribution in [2.75, 3.05) is 19.1 Å². The van der Waals surface area contributed by atoms with Gasteiger partial charge < -0.3 is 9.64 Å². The molecule has 20 heavy (non-hydrogen) atoms. The fourth-order valence-electron chi connectivity index (χ4n) is 2.36. The van der Waals surface area contributed by atoms with E-state index in [1.54, 1.807) is 19.6 Å². The Balaban J connectivity index is 2.40. The second-order valence-corrected chi connectivity index (χ2v) is 5.33. The van der Waals surface area contributed by atoms with Gasteiger partial charge in [-0.3, -0.25) is 0 Å². The SMILES string of the molecule is CC[C@H](c1ccccc1OC)N(C)c1ncncc1Br. The highest BCUT2D eigenvalue weighted by molar-refractivity contribution is 9.10. The molecule has 0 fully saturated rings. The number of hydrogen-bond donors (Lipinski definition) is 0. The van der Waals surface area contributed by atoms with E-state index in [-0.39, 0.29) is 6.04 Å². The van der Waals surface area contributed by atoms with Crippen molar-refractivity contribution in [3.05, 3.63) is 46.8 Å². The number of anilines is 1. The number of aromatic nitrogens is 2. The average Bonchev–Trinajstić information content (AvgIpc) is 2.49. The first-order valence-corrected chi connectivity index (χ1v) is 7.29. The van der Waals surface area contributed by atoms with Crippen LogP contribution in [0.15, 0.2) is 41.3 Å². The Hall–Kier alpha value is -1.62. The van der Waals surface area contributed by atoms with Crippen LogP contribution in [0.2, 0.25) is 0 Å². The molecule has 5 heteroatoms. The Morgan fingerprint density at radius 2 is 2.10 bits per heavy atom. The zero-order chi connectivity index (χ0) is 14.5. The number of methoxy groups -OCH3 is 1. The summed E-state index contributed by atoms with van der Waals surface area (Å²) >= 11 is 3.50. The molecule has 106 valence electrons. The minimum Gasteiger partial charge on any atom is -0.496 e. The Bertz CT molecular complexity index is 577. The summed E-state index contributed by atoms with van der Waals surface area (Å²) in [6, 6.07) is 8.29. The van der Waals surface area contributed by atoms with Crippen molar-refractivity contribution in [3.63, 3.8) is 0 Å². The molecule has 1 heterocycles. The van der Waals surface area contributed by atoms with E-state index >= 15 is 0 Å². The molecule has 0 saturated heterocycles. The van der Waals surface area contributed by atoms with Crippen molar-refractivity contribution < 1.29 is 4.74 Å². The van der Waals surface area contributed by atoms with Crippen LogP contribution in [0, 0.1) is 0 Å². The minimum atomic E-state index is 0.192. The maximum absolute atomic E-state index is 5.47. The summed E-state index contributed by atoms with van der Waals surface area (Å²) in [6.07, 6.45) is 4.27. The standard InChI is InChI=1S/C15H18BrN3O/c1-4-13(11-7-5-6-8-14(11)20-3)19(2)15-12(16)9-17-10-18-15/h5-10,13H,4H2,1-3H3/t13-/m1/s1. The highest BCUT2D eigenvalue weighted by Crippen LogP contribution is 2.35. The molecule has 0 aliphatic heterocycles. The summed E-state index contributed by atoms with van der Waals surface area (Å²) in [4.78, 5) is 10.5. The summed E-state index contributed by atoms with van der Waals surface area (Å²) in [5.74, 6) is 1.77. The topological polar surface area (TPSA) is 38.2 Å². The van der Waals surface area contributed by atoms with Gasteiger partial charge in [-0.05, 0) is 28.4 Å². The van der Waals surface area contributed by atoms with Gasteiger partial charge in [0.15, 0.2) is 0 Å². The molecular formula is C15H18BrN3O. The van der Waals surface area contributed by atoms with Crippen molar-refractivity contribution in [2.45, 2.75) is 19.4 Å². The normalized spacial score (nSPS) is 12.0. The molecule has 0 unspecified atom stereocenters. The summed E-state index contributed by atoms with van der Waals surface area (Å²) in [5.41, 5.74) is 1.16. The monoisotopic (exact) mass is 335 g/mol. The lowest BCUT2D eigenvalue weighted by Gasteiger charge is -2.30. The fourth-order valence-corrected chi connectivity index (χ4v) is 2.86. The molecule has 0 amide bonds. The van der Waals surface area contributed by atoms with Gasteiger partial charge in [-0.1, -0.05) is 25.1 Å². The van der Waals surface area contributed by atoms with Gasteiger partial charge in [0.2, 0.25) is 0 Å². The van der Waals surface area contributed by atoms with E-state index in [9.17, 15) is 0 Å². The summed E-state index contributed by atoms with van der Waals surface area (Å²) < 4.78 is 6.36. The molecule has 0 bridgehead atoms. The van der Waals surface area contributed by atoms with E-state index in [2.05, 4.69) is 43.8 Å². The van der Waals surface area contributed by atoms with Crippen molar-refractivity contribution >= 4 is 21.7 Å². The number of rotatable bonds is 5. The van der Waals surface area contributed by atoms with Crippen LogP contribution >= 0.6 is 15.9 Å². The van der Waals surface area contributed by atoms with Crippen LogP contribution in [0.1, 0.15) is 24.9 Å². The van der Waals surface area contributed by atoms with Crippen molar-refractivity contribution in [1.29, 1.82) is 0 Å². The fraction of sp³-hybridized carbons (Fsp3) is 0.333. The van der Waals surface area contributed by atoms with Gasteiger partial charge in [0.25, 0.3) is 0 Å². The van der Waals surface area contributed by atoms with Crippen LogP contribution in [-0.2, 0) is 0 Å². The average molecular weight is 336 g/mol. The molecule has 2 aromatic rings. The smallest absolute Gasteiger partial charge is 0.146 e. The second-order valence-electron chi connectivity index (χ2n) is 4.47. The molecule has 4 nitrogen and oxygen atoms in total. The quantitative estimate of drug-likeness (QED) is 0.832. The summed E-state index contributed by atoms with van der Waals surface area (Å²) in [7, 11) is 3.74. The lowest BCUT2D eigenvalue weighted by molar-refractivity contribution is 0.404. The van der Waals surface area contributed by atoms with Crippen LogP contribution in [-0.4, -0.2) is 24.1 Å². The van der Waals surface area contributed by atoms with Crippen LogP contribution in [0.5, 0.6) is 5.75 Å². The van der Waals surface area contributed by atoms with E-state index in [0.717, 1.165) is 28.0 Å². The Morgan fingerprint density at radius 3 is 2.75 bits per heavy atom. The van der Waals surface area contributed by atoms with Gasteiger partial charge in [0.1, 0.15) is 17.9 Å².